The van der Waals surface area contributed by atoms with Gasteiger partial charge >= 0.3 is 0 Å². The summed E-state index contributed by atoms with van der Waals surface area (Å²) in [6.45, 7) is 3.25. The molecular formula is C15H29NO. The van der Waals surface area contributed by atoms with E-state index in [9.17, 15) is 0 Å². The molecule has 2 atom stereocenters. The molecule has 1 heterocycles. The Bertz CT molecular complexity index is 201. The van der Waals surface area contributed by atoms with Gasteiger partial charge in [-0.15, -0.1) is 0 Å². The first-order chi connectivity index (χ1) is 8.40. The molecule has 1 saturated carbocycles. The second-order valence-electron chi connectivity index (χ2n) is 6.01. The van der Waals surface area contributed by atoms with Crippen molar-refractivity contribution >= 4 is 0 Å². The van der Waals surface area contributed by atoms with E-state index in [4.69, 9.17) is 4.74 Å². The fourth-order valence-corrected chi connectivity index (χ4v) is 3.71. The Labute approximate surface area is 107 Å². The predicted octanol–water partition coefficient (Wildman–Crippen LogP) is 3.22. The van der Waals surface area contributed by atoms with Crippen LogP contribution in [0.4, 0.5) is 0 Å². The van der Waals surface area contributed by atoms with Gasteiger partial charge in [0.25, 0.3) is 0 Å². The molecular weight excluding hydrogens is 210 g/mol. The van der Waals surface area contributed by atoms with E-state index in [1.54, 1.807) is 0 Å². The van der Waals surface area contributed by atoms with Gasteiger partial charge in [0.2, 0.25) is 0 Å². The van der Waals surface area contributed by atoms with Crippen molar-refractivity contribution in [3.05, 3.63) is 0 Å². The van der Waals surface area contributed by atoms with E-state index in [1.165, 1.54) is 57.9 Å². The fourth-order valence-electron chi connectivity index (χ4n) is 3.71. The molecule has 0 aromatic carbocycles. The fraction of sp³-hybridized carbons (Fsp3) is 1.00. The molecule has 0 aromatic rings. The Morgan fingerprint density at radius 1 is 0.941 bits per heavy atom. The number of ether oxygens (including phenoxy) is 1. The van der Waals surface area contributed by atoms with Gasteiger partial charge in [-0.05, 0) is 57.0 Å². The van der Waals surface area contributed by atoms with Gasteiger partial charge in [0, 0.05) is 13.2 Å². The maximum atomic E-state index is 5.48. The molecule has 17 heavy (non-hydrogen) atoms. The van der Waals surface area contributed by atoms with Gasteiger partial charge in [0.05, 0.1) is 0 Å². The molecule has 1 saturated heterocycles. The van der Waals surface area contributed by atoms with Gasteiger partial charge in [0.1, 0.15) is 0 Å². The van der Waals surface area contributed by atoms with Gasteiger partial charge in [-0.1, -0.05) is 25.7 Å². The lowest BCUT2D eigenvalue weighted by molar-refractivity contribution is 0.0539. The SMILES string of the molecule is CNCC1CCCCCC1CC1CCOCC1. The molecule has 1 aliphatic heterocycles. The molecule has 100 valence electrons. The zero-order valence-electron chi connectivity index (χ0n) is 11.4. The summed E-state index contributed by atoms with van der Waals surface area (Å²) < 4.78 is 5.48. The summed E-state index contributed by atoms with van der Waals surface area (Å²) in [6.07, 6.45) is 11.4. The first kappa shape index (κ1) is 13.4. The lowest BCUT2D eigenvalue weighted by Crippen LogP contribution is -2.28. The van der Waals surface area contributed by atoms with Crippen LogP contribution < -0.4 is 5.32 Å². The Balaban J connectivity index is 1.84. The number of nitrogens with one attached hydrogen (secondary N) is 1. The average molecular weight is 239 g/mol. The van der Waals surface area contributed by atoms with Crippen molar-refractivity contribution in [3.8, 4) is 0 Å². The molecule has 1 aliphatic carbocycles. The van der Waals surface area contributed by atoms with Gasteiger partial charge < -0.3 is 10.1 Å². The van der Waals surface area contributed by atoms with E-state index in [0.717, 1.165) is 31.0 Å². The molecule has 0 amide bonds. The second-order valence-corrected chi connectivity index (χ2v) is 6.01. The Kier molecular flexibility index (Phi) is 5.79. The topological polar surface area (TPSA) is 21.3 Å². The summed E-state index contributed by atoms with van der Waals surface area (Å²) in [4.78, 5) is 0. The summed E-state index contributed by atoms with van der Waals surface area (Å²) in [5.41, 5.74) is 0. The van der Waals surface area contributed by atoms with Gasteiger partial charge in [-0.2, -0.15) is 0 Å². The van der Waals surface area contributed by atoms with Crippen LogP contribution in [0, 0.1) is 17.8 Å². The van der Waals surface area contributed by atoms with Crippen LogP contribution in [-0.4, -0.2) is 26.8 Å². The van der Waals surface area contributed by atoms with Crippen molar-refractivity contribution in [2.24, 2.45) is 17.8 Å². The van der Waals surface area contributed by atoms with E-state index < -0.39 is 0 Å². The third-order valence-electron chi connectivity index (χ3n) is 4.76. The number of rotatable bonds is 4. The molecule has 0 radical (unpaired) electrons. The monoisotopic (exact) mass is 239 g/mol. The molecule has 0 aromatic heterocycles. The standard InChI is InChI=1S/C15H29NO/c1-16-12-15-6-4-2-3-5-14(15)11-13-7-9-17-10-8-13/h13-16H,2-12H2,1H3. The summed E-state index contributed by atoms with van der Waals surface area (Å²) in [5, 5.41) is 3.41. The lowest BCUT2D eigenvalue weighted by atomic mass is 9.79. The first-order valence-corrected chi connectivity index (χ1v) is 7.62. The van der Waals surface area contributed by atoms with E-state index >= 15 is 0 Å². The van der Waals surface area contributed by atoms with Crippen LogP contribution in [0.5, 0.6) is 0 Å². The van der Waals surface area contributed by atoms with Crippen molar-refractivity contribution in [2.75, 3.05) is 26.8 Å². The molecule has 2 unspecified atom stereocenters. The van der Waals surface area contributed by atoms with Gasteiger partial charge in [-0.25, -0.2) is 0 Å². The zero-order valence-corrected chi connectivity index (χ0v) is 11.4. The number of hydrogen-bond donors (Lipinski definition) is 1. The normalized spacial score (nSPS) is 32.3. The van der Waals surface area contributed by atoms with Crippen LogP contribution in [-0.2, 0) is 4.74 Å². The zero-order chi connectivity index (χ0) is 11.9. The van der Waals surface area contributed by atoms with Crippen molar-refractivity contribution in [3.63, 3.8) is 0 Å². The summed E-state index contributed by atoms with van der Waals surface area (Å²) >= 11 is 0. The molecule has 2 heteroatoms. The smallest absolute Gasteiger partial charge is 0.0468 e. The molecule has 2 nitrogen and oxygen atoms in total. The quantitative estimate of drug-likeness (QED) is 0.761. The van der Waals surface area contributed by atoms with Crippen LogP contribution in [0.1, 0.15) is 51.4 Å². The van der Waals surface area contributed by atoms with Crippen molar-refractivity contribution in [1.82, 2.24) is 5.32 Å². The maximum absolute atomic E-state index is 5.48. The van der Waals surface area contributed by atoms with Crippen molar-refractivity contribution in [1.29, 1.82) is 0 Å². The molecule has 2 aliphatic rings. The molecule has 2 fully saturated rings. The van der Waals surface area contributed by atoms with Crippen LogP contribution in [0.15, 0.2) is 0 Å². The minimum absolute atomic E-state index is 0.936. The van der Waals surface area contributed by atoms with Crippen molar-refractivity contribution < 1.29 is 4.74 Å². The molecule has 0 bridgehead atoms. The Morgan fingerprint density at radius 2 is 1.65 bits per heavy atom. The van der Waals surface area contributed by atoms with Crippen LogP contribution in [0.3, 0.4) is 0 Å². The van der Waals surface area contributed by atoms with Gasteiger partial charge in [0.15, 0.2) is 0 Å². The highest BCUT2D eigenvalue weighted by atomic mass is 16.5. The highest BCUT2D eigenvalue weighted by Crippen LogP contribution is 2.35. The summed E-state index contributed by atoms with van der Waals surface area (Å²) in [7, 11) is 2.11. The Hall–Kier alpha value is -0.0800. The minimum Gasteiger partial charge on any atom is -0.381 e. The lowest BCUT2D eigenvalue weighted by Gasteiger charge is -2.30. The maximum Gasteiger partial charge on any atom is 0.0468 e. The third-order valence-corrected chi connectivity index (χ3v) is 4.76. The molecule has 0 spiro atoms. The largest absolute Gasteiger partial charge is 0.381 e. The van der Waals surface area contributed by atoms with E-state index in [2.05, 4.69) is 12.4 Å². The third kappa shape index (κ3) is 4.26. The van der Waals surface area contributed by atoms with E-state index in [1.807, 2.05) is 0 Å². The molecule has 2 rings (SSSR count). The van der Waals surface area contributed by atoms with Crippen LogP contribution in [0.25, 0.3) is 0 Å². The molecule has 1 N–H and O–H groups in total. The highest BCUT2D eigenvalue weighted by molar-refractivity contribution is 4.78. The van der Waals surface area contributed by atoms with E-state index in [0.29, 0.717) is 0 Å². The van der Waals surface area contributed by atoms with Crippen molar-refractivity contribution in [2.45, 2.75) is 51.4 Å². The van der Waals surface area contributed by atoms with Crippen LogP contribution >= 0.6 is 0 Å². The highest BCUT2D eigenvalue weighted by Gasteiger charge is 2.26. The number of hydrogen-bond acceptors (Lipinski definition) is 2. The summed E-state index contributed by atoms with van der Waals surface area (Å²) in [6, 6.07) is 0. The minimum atomic E-state index is 0.936. The van der Waals surface area contributed by atoms with Gasteiger partial charge in [-0.3, -0.25) is 0 Å². The Morgan fingerprint density at radius 3 is 2.35 bits per heavy atom. The first-order valence-electron chi connectivity index (χ1n) is 7.62. The summed E-state index contributed by atoms with van der Waals surface area (Å²) in [5.74, 6) is 2.87. The average Bonchev–Trinajstić information content (AvgIpc) is 2.57. The van der Waals surface area contributed by atoms with Crippen LogP contribution in [0.2, 0.25) is 0 Å². The predicted molar refractivity (Wildman–Crippen MR) is 72.2 cm³/mol. The second kappa shape index (κ2) is 7.38. The van der Waals surface area contributed by atoms with E-state index in [-0.39, 0.29) is 0 Å².